The summed E-state index contributed by atoms with van der Waals surface area (Å²) in [4.78, 5) is 60.9. The number of carbonyl (C=O) groups is 4. The molecule has 2 aromatic heterocycles. The Kier molecular flexibility index (Phi) is 7.92. The van der Waals surface area contributed by atoms with Crippen LogP contribution in [0.5, 0.6) is 5.75 Å². The maximum absolute atomic E-state index is 15.1. The second-order valence-electron chi connectivity index (χ2n) is 14.5. The van der Waals surface area contributed by atoms with Crippen LogP contribution >= 0.6 is 22.9 Å². The lowest BCUT2D eigenvalue weighted by atomic mass is 9.51. The Hall–Kier alpha value is -4.54. The number of thiophene rings is 1. The lowest BCUT2D eigenvalue weighted by Crippen LogP contribution is -2.49. The van der Waals surface area contributed by atoms with Crippen LogP contribution < -0.4 is 4.90 Å². The molecule has 4 amide bonds. The standard InChI is InChI=1S/C40H39ClN4O5S/c1-6-9-21-10-8-11-25(34(21)46)33-23-13-14-24-32(38(49)44(16-7-2)36(24)47)27(23)18-28-37(48)45(39(50)40(28,33)4)31-19-29(42-43(31)5)35-20(3)26-17-22(41)12-15-30(26)51-35/h6,8,10-13,15,17,19,24,27-28,32-33,46H,1,7,9,14,16,18H2,2-5H3/t24-,27+,28-,32-,33+,40+/m0/s1. The van der Waals surface area contributed by atoms with Gasteiger partial charge in [0.1, 0.15) is 17.3 Å². The Morgan fingerprint density at radius 2 is 1.88 bits per heavy atom. The van der Waals surface area contributed by atoms with Gasteiger partial charge in [0.05, 0.1) is 28.0 Å². The first-order chi connectivity index (χ1) is 24.4. The summed E-state index contributed by atoms with van der Waals surface area (Å²) < 4.78 is 2.63. The number of allylic oxidation sites excluding steroid dienone is 3. The third kappa shape index (κ3) is 4.68. The molecule has 4 aliphatic rings. The number of fused-ring (bicyclic) bond motifs is 5. The first-order valence-electron chi connectivity index (χ1n) is 17.5. The van der Waals surface area contributed by atoms with Crippen LogP contribution in [0.25, 0.3) is 20.7 Å². The van der Waals surface area contributed by atoms with Crippen LogP contribution in [-0.4, -0.2) is 50.0 Å². The summed E-state index contributed by atoms with van der Waals surface area (Å²) in [6.07, 6.45) is 5.40. The Balaban J connectivity index is 1.26. The Labute approximate surface area is 305 Å². The number of aromatic nitrogens is 2. The van der Waals surface area contributed by atoms with E-state index in [0.29, 0.717) is 53.5 Å². The van der Waals surface area contributed by atoms with Crippen molar-refractivity contribution < 1.29 is 24.3 Å². The molecule has 1 N–H and O–H groups in total. The van der Waals surface area contributed by atoms with Crippen molar-refractivity contribution in [3.05, 3.63) is 88.5 Å². The molecule has 3 fully saturated rings. The van der Waals surface area contributed by atoms with E-state index in [2.05, 4.69) is 6.58 Å². The van der Waals surface area contributed by atoms with Gasteiger partial charge in [-0.2, -0.15) is 5.10 Å². The molecule has 4 aromatic rings. The van der Waals surface area contributed by atoms with Crippen molar-refractivity contribution in [3.63, 3.8) is 0 Å². The lowest BCUT2D eigenvalue weighted by Gasteiger charge is -2.49. The summed E-state index contributed by atoms with van der Waals surface area (Å²) in [5.41, 5.74) is 2.39. The topological polar surface area (TPSA) is 113 Å². The summed E-state index contributed by atoms with van der Waals surface area (Å²) in [6.45, 7) is 9.97. The van der Waals surface area contributed by atoms with E-state index in [1.807, 2.05) is 63.2 Å². The fourth-order valence-electron chi connectivity index (χ4n) is 9.47. The first-order valence-corrected chi connectivity index (χ1v) is 18.7. The van der Waals surface area contributed by atoms with Crippen LogP contribution in [0.3, 0.4) is 0 Å². The minimum Gasteiger partial charge on any atom is -0.507 e. The number of para-hydroxylation sites is 1. The molecule has 9 nitrogen and oxygen atoms in total. The largest absolute Gasteiger partial charge is 0.507 e. The quantitative estimate of drug-likeness (QED) is 0.158. The number of phenolic OH excluding ortho intramolecular Hbond substituents is 1. The summed E-state index contributed by atoms with van der Waals surface area (Å²) in [5, 5.41) is 18.2. The third-order valence-electron chi connectivity index (χ3n) is 11.9. The number of likely N-dealkylation sites (tertiary alicyclic amines) is 1. The van der Waals surface area contributed by atoms with Gasteiger partial charge in [0.15, 0.2) is 0 Å². The van der Waals surface area contributed by atoms with Gasteiger partial charge in [-0.1, -0.05) is 54.4 Å². The molecule has 1 saturated carbocycles. The monoisotopic (exact) mass is 722 g/mol. The van der Waals surface area contributed by atoms with Crippen molar-refractivity contribution in [2.45, 2.75) is 52.4 Å². The lowest BCUT2D eigenvalue weighted by molar-refractivity contribution is -0.140. The minimum absolute atomic E-state index is 0.0503. The highest BCUT2D eigenvalue weighted by molar-refractivity contribution is 7.22. The van der Waals surface area contributed by atoms with E-state index in [1.165, 1.54) is 9.80 Å². The van der Waals surface area contributed by atoms with E-state index >= 15 is 4.79 Å². The summed E-state index contributed by atoms with van der Waals surface area (Å²) in [5.74, 6) is -3.82. The molecule has 4 heterocycles. The number of aromatic hydroxyl groups is 1. The molecule has 2 aliphatic carbocycles. The van der Waals surface area contributed by atoms with Crippen molar-refractivity contribution in [1.29, 1.82) is 0 Å². The van der Waals surface area contributed by atoms with E-state index < -0.39 is 35.0 Å². The number of imide groups is 2. The second kappa shape index (κ2) is 12.0. The Bertz CT molecular complexity index is 2240. The van der Waals surface area contributed by atoms with Crippen molar-refractivity contribution >= 4 is 62.5 Å². The van der Waals surface area contributed by atoms with Crippen LogP contribution in [0.15, 0.2) is 66.8 Å². The number of hydrogen-bond donors (Lipinski definition) is 1. The Morgan fingerprint density at radius 1 is 1.10 bits per heavy atom. The number of nitrogens with zero attached hydrogens (tertiary/aromatic N) is 4. The molecule has 0 bridgehead atoms. The molecule has 262 valence electrons. The molecular formula is C40H39ClN4O5S. The Morgan fingerprint density at radius 3 is 2.63 bits per heavy atom. The maximum Gasteiger partial charge on any atom is 0.242 e. The van der Waals surface area contributed by atoms with Gasteiger partial charge in [-0.3, -0.25) is 28.8 Å². The highest BCUT2D eigenvalue weighted by atomic mass is 35.5. The molecule has 2 saturated heterocycles. The second-order valence-corrected chi connectivity index (χ2v) is 16.0. The van der Waals surface area contributed by atoms with Crippen molar-refractivity contribution in [3.8, 4) is 16.3 Å². The molecule has 2 aromatic carbocycles. The molecule has 51 heavy (non-hydrogen) atoms. The molecule has 2 aliphatic heterocycles. The minimum atomic E-state index is -1.29. The molecule has 11 heteroatoms. The zero-order chi connectivity index (χ0) is 36.1. The first kappa shape index (κ1) is 33.6. The van der Waals surface area contributed by atoms with Crippen molar-refractivity contribution in [2.75, 3.05) is 11.4 Å². The molecule has 8 rings (SSSR count). The van der Waals surface area contributed by atoms with Gasteiger partial charge in [0, 0.05) is 40.9 Å². The van der Waals surface area contributed by atoms with Crippen molar-refractivity contribution in [2.24, 2.45) is 36.1 Å². The normalized spacial score (nSPS) is 27.2. The van der Waals surface area contributed by atoms with Gasteiger partial charge in [0.25, 0.3) is 0 Å². The molecule has 6 atom stereocenters. The average Bonchev–Trinajstić information content (AvgIpc) is 3.77. The third-order valence-corrected chi connectivity index (χ3v) is 13.4. The fourth-order valence-corrected chi connectivity index (χ4v) is 10.8. The number of hydrogen-bond acceptors (Lipinski definition) is 7. The van der Waals surface area contributed by atoms with Gasteiger partial charge < -0.3 is 5.11 Å². The van der Waals surface area contributed by atoms with E-state index in [9.17, 15) is 19.5 Å². The predicted octanol–water partition coefficient (Wildman–Crippen LogP) is 7.34. The summed E-state index contributed by atoms with van der Waals surface area (Å²) in [6, 6.07) is 13.0. The fraction of sp³-hybridized carbons (Fsp3) is 0.375. The van der Waals surface area contributed by atoms with Crippen LogP contribution in [-0.2, 0) is 32.6 Å². The summed E-state index contributed by atoms with van der Waals surface area (Å²) in [7, 11) is 1.73. The van der Waals surface area contributed by atoms with Crippen LogP contribution in [0.4, 0.5) is 5.82 Å². The van der Waals surface area contributed by atoms with E-state index in [0.717, 1.165) is 26.1 Å². The van der Waals surface area contributed by atoms with Gasteiger partial charge in [0.2, 0.25) is 23.6 Å². The zero-order valence-corrected chi connectivity index (χ0v) is 30.6. The van der Waals surface area contributed by atoms with Gasteiger partial charge in [-0.25, -0.2) is 4.90 Å². The van der Waals surface area contributed by atoms with Crippen LogP contribution in [0, 0.1) is 36.0 Å². The van der Waals surface area contributed by atoms with Gasteiger partial charge >= 0.3 is 0 Å². The molecular weight excluding hydrogens is 684 g/mol. The van der Waals surface area contributed by atoms with E-state index in [-0.39, 0.29) is 35.8 Å². The smallest absolute Gasteiger partial charge is 0.242 e. The molecule has 0 radical (unpaired) electrons. The maximum atomic E-state index is 15.1. The van der Waals surface area contributed by atoms with Gasteiger partial charge in [-0.15, -0.1) is 17.9 Å². The number of anilines is 1. The number of aryl methyl sites for hydroxylation is 2. The zero-order valence-electron chi connectivity index (χ0n) is 29.0. The number of amides is 4. The van der Waals surface area contributed by atoms with Crippen LogP contribution in [0.2, 0.25) is 5.02 Å². The van der Waals surface area contributed by atoms with E-state index in [1.54, 1.807) is 35.2 Å². The number of halogens is 1. The predicted molar refractivity (Wildman–Crippen MR) is 197 cm³/mol. The molecule has 0 unspecified atom stereocenters. The number of phenols is 1. The highest BCUT2D eigenvalue weighted by Gasteiger charge is 2.68. The van der Waals surface area contributed by atoms with E-state index in [4.69, 9.17) is 16.7 Å². The average molecular weight is 723 g/mol. The van der Waals surface area contributed by atoms with Crippen LogP contribution in [0.1, 0.15) is 55.7 Å². The number of benzene rings is 2. The highest BCUT2D eigenvalue weighted by Crippen LogP contribution is 2.64. The summed E-state index contributed by atoms with van der Waals surface area (Å²) >= 11 is 7.88. The number of carbonyl (C=O) groups excluding carboxylic acids is 4. The molecule has 0 spiro atoms. The SMILES string of the molecule is C=CCc1cccc([C@H]2C3=CC[C@@H]4C(=O)N(CCC)C(=O)[C@@H]4[C@@H]3C[C@H]3C(=O)N(c4cc(-c5sc6ccc(Cl)cc6c5C)nn4C)C(=O)[C@@]23C)c1O. The van der Waals surface area contributed by atoms with Crippen molar-refractivity contribution in [1.82, 2.24) is 14.7 Å². The number of rotatable bonds is 7. The van der Waals surface area contributed by atoms with Gasteiger partial charge in [-0.05, 0) is 80.2 Å².